The minimum absolute atomic E-state index is 0.0329. The van der Waals surface area contributed by atoms with E-state index in [2.05, 4.69) is 22.4 Å². The molecule has 0 spiro atoms. The maximum atomic E-state index is 12.1. The summed E-state index contributed by atoms with van der Waals surface area (Å²) in [4.78, 5) is 27.3. The zero-order chi connectivity index (χ0) is 17.6. The van der Waals surface area contributed by atoms with E-state index in [0.717, 1.165) is 17.1 Å². The number of carboxylic acid groups (broad SMARTS) is 1. The Bertz CT molecular complexity index is 695. The summed E-state index contributed by atoms with van der Waals surface area (Å²) in [6.45, 7) is 3.66. The van der Waals surface area contributed by atoms with Gasteiger partial charge in [-0.1, -0.05) is 30.3 Å². The second-order valence-electron chi connectivity index (χ2n) is 6.40. The van der Waals surface area contributed by atoms with Gasteiger partial charge in [-0.25, -0.2) is 4.98 Å². The summed E-state index contributed by atoms with van der Waals surface area (Å²) in [6, 6.07) is 10.1. The molecule has 0 aliphatic carbocycles. The third-order valence-electron chi connectivity index (χ3n) is 3.58. The van der Waals surface area contributed by atoms with Crippen molar-refractivity contribution in [2.75, 3.05) is 0 Å². The predicted octanol–water partition coefficient (Wildman–Crippen LogP) is 3.04. The maximum absolute atomic E-state index is 12.1. The van der Waals surface area contributed by atoms with Crippen molar-refractivity contribution in [3.05, 3.63) is 52.0 Å². The van der Waals surface area contributed by atoms with Gasteiger partial charge in [0, 0.05) is 23.8 Å². The SMILES string of the molecule is CC(C)(CCC(=O)O)NC(=O)Cc1csc(Cc2ccccc2)n1. The zero-order valence-electron chi connectivity index (χ0n) is 13.9. The highest BCUT2D eigenvalue weighted by Gasteiger charge is 2.22. The number of hydrogen-bond donors (Lipinski definition) is 2. The van der Waals surface area contributed by atoms with Gasteiger partial charge >= 0.3 is 5.97 Å². The Labute approximate surface area is 145 Å². The Balaban J connectivity index is 1.87. The molecular weight excluding hydrogens is 324 g/mol. The summed E-state index contributed by atoms with van der Waals surface area (Å²) in [6.07, 6.45) is 1.40. The van der Waals surface area contributed by atoms with E-state index in [0.29, 0.717) is 6.42 Å². The molecule has 0 aliphatic heterocycles. The van der Waals surface area contributed by atoms with Crippen LogP contribution in [0.3, 0.4) is 0 Å². The highest BCUT2D eigenvalue weighted by Crippen LogP contribution is 2.16. The molecule has 1 aromatic carbocycles. The first-order valence-corrected chi connectivity index (χ1v) is 8.72. The third-order valence-corrected chi connectivity index (χ3v) is 4.48. The van der Waals surface area contributed by atoms with Crippen LogP contribution in [0.5, 0.6) is 0 Å². The van der Waals surface area contributed by atoms with E-state index in [1.165, 1.54) is 5.56 Å². The van der Waals surface area contributed by atoms with Crippen LogP contribution in [0.2, 0.25) is 0 Å². The highest BCUT2D eigenvalue weighted by molar-refractivity contribution is 7.09. The average Bonchev–Trinajstić information content (AvgIpc) is 2.92. The van der Waals surface area contributed by atoms with Crippen LogP contribution in [0.25, 0.3) is 0 Å². The first kappa shape index (κ1) is 18.1. The topological polar surface area (TPSA) is 79.3 Å². The van der Waals surface area contributed by atoms with E-state index in [4.69, 9.17) is 5.11 Å². The normalized spacial score (nSPS) is 11.2. The number of nitrogens with one attached hydrogen (secondary N) is 1. The number of carbonyl (C=O) groups is 2. The second kappa shape index (κ2) is 8.06. The van der Waals surface area contributed by atoms with E-state index < -0.39 is 11.5 Å². The van der Waals surface area contributed by atoms with Crippen molar-refractivity contribution in [1.29, 1.82) is 0 Å². The molecule has 24 heavy (non-hydrogen) atoms. The molecule has 1 aromatic heterocycles. The van der Waals surface area contributed by atoms with Crippen molar-refractivity contribution < 1.29 is 14.7 Å². The lowest BCUT2D eigenvalue weighted by Gasteiger charge is -2.25. The molecule has 128 valence electrons. The number of carbonyl (C=O) groups excluding carboxylic acids is 1. The Hall–Kier alpha value is -2.21. The van der Waals surface area contributed by atoms with Gasteiger partial charge in [-0.3, -0.25) is 9.59 Å². The number of aliphatic carboxylic acids is 1. The summed E-state index contributed by atoms with van der Waals surface area (Å²) in [5.74, 6) is -0.996. The van der Waals surface area contributed by atoms with Crippen LogP contribution in [-0.2, 0) is 22.4 Å². The van der Waals surface area contributed by atoms with Crippen LogP contribution >= 0.6 is 11.3 Å². The summed E-state index contributed by atoms with van der Waals surface area (Å²) in [7, 11) is 0. The van der Waals surface area contributed by atoms with Gasteiger partial charge in [0.2, 0.25) is 5.91 Å². The molecule has 1 heterocycles. The number of hydrogen-bond acceptors (Lipinski definition) is 4. The van der Waals surface area contributed by atoms with Crippen molar-refractivity contribution in [2.24, 2.45) is 0 Å². The molecule has 0 unspecified atom stereocenters. The number of amides is 1. The van der Waals surface area contributed by atoms with Gasteiger partial charge in [-0.15, -0.1) is 11.3 Å². The van der Waals surface area contributed by atoms with Gasteiger partial charge in [-0.2, -0.15) is 0 Å². The molecule has 2 aromatic rings. The minimum atomic E-state index is -0.859. The van der Waals surface area contributed by atoms with Gasteiger partial charge in [0.15, 0.2) is 0 Å². The predicted molar refractivity (Wildman–Crippen MR) is 94.2 cm³/mol. The van der Waals surface area contributed by atoms with Gasteiger partial charge < -0.3 is 10.4 Å². The molecule has 0 radical (unpaired) electrons. The quantitative estimate of drug-likeness (QED) is 0.770. The van der Waals surface area contributed by atoms with Crippen molar-refractivity contribution >= 4 is 23.2 Å². The molecule has 0 aliphatic rings. The van der Waals surface area contributed by atoms with E-state index in [1.54, 1.807) is 11.3 Å². The molecule has 2 rings (SSSR count). The van der Waals surface area contributed by atoms with Crippen LogP contribution in [0.15, 0.2) is 35.7 Å². The molecule has 0 bridgehead atoms. The Morgan fingerprint density at radius 1 is 1.25 bits per heavy atom. The molecule has 2 N–H and O–H groups in total. The number of aromatic nitrogens is 1. The van der Waals surface area contributed by atoms with Crippen molar-refractivity contribution in [3.63, 3.8) is 0 Å². The third kappa shape index (κ3) is 6.12. The molecule has 6 heteroatoms. The summed E-state index contributed by atoms with van der Waals surface area (Å²) in [5.41, 5.74) is 1.40. The summed E-state index contributed by atoms with van der Waals surface area (Å²) < 4.78 is 0. The fourth-order valence-corrected chi connectivity index (χ4v) is 3.18. The van der Waals surface area contributed by atoms with Crippen molar-refractivity contribution in [2.45, 2.75) is 45.1 Å². The van der Waals surface area contributed by atoms with E-state index >= 15 is 0 Å². The fourth-order valence-electron chi connectivity index (χ4n) is 2.35. The van der Waals surface area contributed by atoms with Gasteiger partial charge in [0.1, 0.15) is 0 Å². The summed E-state index contributed by atoms with van der Waals surface area (Å²) in [5, 5.41) is 14.5. The van der Waals surface area contributed by atoms with Gasteiger partial charge in [0.25, 0.3) is 0 Å². The smallest absolute Gasteiger partial charge is 0.303 e. The number of rotatable bonds is 8. The number of nitrogens with zero attached hydrogens (tertiary/aromatic N) is 1. The summed E-state index contributed by atoms with van der Waals surface area (Å²) >= 11 is 1.55. The van der Waals surface area contributed by atoms with E-state index in [-0.39, 0.29) is 18.7 Å². The maximum Gasteiger partial charge on any atom is 0.303 e. The lowest BCUT2D eigenvalue weighted by atomic mass is 9.98. The Kier molecular flexibility index (Phi) is 6.09. The molecular formula is C18H22N2O3S. The lowest BCUT2D eigenvalue weighted by molar-refractivity contribution is -0.137. The molecule has 5 nitrogen and oxygen atoms in total. The fraction of sp³-hybridized carbons (Fsp3) is 0.389. The van der Waals surface area contributed by atoms with Crippen molar-refractivity contribution in [1.82, 2.24) is 10.3 Å². The monoisotopic (exact) mass is 346 g/mol. The first-order valence-electron chi connectivity index (χ1n) is 7.84. The molecule has 0 fully saturated rings. The van der Waals surface area contributed by atoms with Crippen LogP contribution in [0.4, 0.5) is 0 Å². The van der Waals surface area contributed by atoms with Crippen LogP contribution < -0.4 is 5.32 Å². The van der Waals surface area contributed by atoms with E-state index in [9.17, 15) is 9.59 Å². The van der Waals surface area contributed by atoms with Gasteiger partial charge in [0.05, 0.1) is 17.1 Å². The molecule has 0 saturated carbocycles. The first-order chi connectivity index (χ1) is 11.3. The largest absolute Gasteiger partial charge is 0.481 e. The van der Waals surface area contributed by atoms with Crippen LogP contribution in [0.1, 0.15) is 43.0 Å². The number of benzene rings is 1. The second-order valence-corrected chi connectivity index (χ2v) is 7.34. The van der Waals surface area contributed by atoms with E-state index in [1.807, 2.05) is 37.4 Å². The Morgan fingerprint density at radius 2 is 1.96 bits per heavy atom. The van der Waals surface area contributed by atoms with Gasteiger partial charge in [-0.05, 0) is 25.8 Å². The molecule has 0 saturated heterocycles. The average molecular weight is 346 g/mol. The van der Waals surface area contributed by atoms with Crippen molar-refractivity contribution in [3.8, 4) is 0 Å². The molecule has 1 amide bonds. The van der Waals surface area contributed by atoms with Crippen LogP contribution in [0, 0.1) is 0 Å². The number of carboxylic acids is 1. The Morgan fingerprint density at radius 3 is 2.62 bits per heavy atom. The van der Waals surface area contributed by atoms with Crippen LogP contribution in [-0.4, -0.2) is 27.5 Å². The number of thiazole rings is 1. The highest BCUT2D eigenvalue weighted by atomic mass is 32.1. The minimum Gasteiger partial charge on any atom is -0.481 e. The lowest BCUT2D eigenvalue weighted by Crippen LogP contribution is -2.44. The zero-order valence-corrected chi connectivity index (χ0v) is 14.7. The standard InChI is InChI=1S/C18H22N2O3S/c1-18(2,9-8-17(22)23)20-15(21)11-14-12-24-16(19-14)10-13-6-4-3-5-7-13/h3-7,12H,8-11H2,1-2H3,(H,20,21)(H,22,23). The molecule has 0 atom stereocenters.